The predicted molar refractivity (Wildman–Crippen MR) is 113 cm³/mol. The van der Waals surface area contributed by atoms with Crippen molar-refractivity contribution in [2.75, 3.05) is 32.4 Å². The van der Waals surface area contributed by atoms with Crippen molar-refractivity contribution in [3.63, 3.8) is 0 Å². The second-order valence-electron chi connectivity index (χ2n) is 6.04. The van der Waals surface area contributed by atoms with Crippen LogP contribution in [0, 0.1) is 0 Å². The topological polar surface area (TPSA) is 74.6 Å². The number of carbonyl (C=O) groups excluding carboxylic acids is 1. The Morgan fingerprint density at radius 2 is 1.90 bits per heavy atom. The number of para-hydroxylation sites is 1. The maximum absolute atomic E-state index is 12.4. The van der Waals surface area contributed by atoms with Crippen molar-refractivity contribution in [1.29, 1.82) is 0 Å². The number of amides is 1. The van der Waals surface area contributed by atoms with E-state index in [1.54, 1.807) is 38.3 Å². The molecule has 0 unspecified atom stereocenters. The number of nitrogens with one attached hydrogen (secondary N) is 1. The summed E-state index contributed by atoms with van der Waals surface area (Å²) < 4.78 is 17.7. The highest BCUT2D eigenvalue weighted by molar-refractivity contribution is 8.00. The van der Waals surface area contributed by atoms with E-state index in [4.69, 9.17) is 14.2 Å². The smallest absolute Gasteiger partial charge is 0.235 e. The maximum atomic E-state index is 12.4. The Morgan fingerprint density at radius 3 is 2.66 bits per heavy atom. The van der Waals surface area contributed by atoms with Crippen LogP contribution in [0.5, 0.6) is 17.2 Å². The highest BCUT2D eigenvalue weighted by Gasteiger charge is 2.13. The molecule has 1 amide bonds. The average molecular weight is 413 g/mol. The summed E-state index contributed by atoms with van der Waals surface area (Å²) in [7, 11) is 4.82. The van der Waals surface area contributed by atoms with E-state index in [1.807, 2.05) is 42.5 Å². The van der Waals surface area contributed by atoms with Gasteiger partial charge in [0.05, 0.1) is 39.8 Å². The van der Waals surface area contributed by atoms with Gasteiger partial charge in [-0.15, -0.1) is 11.8 Å². The lowest BCUT2D eigenvalue weighted by Crippen LogP contribution is -2.18. The number of benzene rings is 2. The fourth-order valence-corrected chi connectivity index (χ4v) is 3.57. The number of anilines is 1. The van der Waals surface area contributed by atoms with E-state index in [0.717, 1.165) is 16.2 Å². The molecule has 0 aliphatic heterocycles. The first-order chi connectivity index (χ1) is 14.1. The van der Waals surface area contributed by atoms with Gasteiger partial charge in [0.25, 0.3) is 0 Å². The van der Waals surface area contributed by atoms with Gasteiger partial charge in [0.2, 0.25) is 5.91 Å². The lowest BCUT2D eigenvalue weighted by molar-refractivity contribution is -0.113. The van der Waals surface area contributed by atoms with E-state index in [1.165, 1.54) is 11.8 Å². The van der Waals surface area contributed by atoms with E-state index >= 15 is 0 Å². The molecule has 1 aromatic heterocycles. The van der Waals surface area contributed by atoms with Crippen molar-refractivity contribution in [2.24, 2.45) is 0 Å². The van der Waals surface area contributed by atoms with Gasteiger partial charge >= 0.3 is 0 Å². The van der Waals surface area contributed by atoms with Crippen LogP contribution in [-0.2, 0) is 11.3 Å². The molecule has 152 valence electrons. The summed E-state index contributed by atoms with van der Waals surface area (Å²) in [5.41, 5.74) is 0.900. The number of aromatic nitrogens is 2. The van der Waals surface area contributed by atoms with Gasteiger partial charge in [-0.05, 0) is 24.3 Å². The first kappa shape index (κ1) is 20.6. The summed E-state index contributed by atoms with van der Waals surface area (Å²) in [5.74, 6) is 2.85. The summed E-state index contributed by atoms with van der Waals surface area (Å²) >= 11 is 1.44. The second-order valence-corrected chi connectivity index (χ2v) is 7.09. The van der Waals surface area contributed by atoms with Crippen LogP contribution < -0.4 is 19.5 Å². The molecule has 0 radical (unpaired) electrons. The van der Waals surface area contributed by atoms with Crippen LogP contribution >= 0.6 is 11.8 Å². The van der Waals surface area contributed by atoms with Crippen LogP contribution in [0.4, 0.5) is 5.82 Å². The highest BCUT2D eigenvalue weighted by atomic mass is 32.2. The van der Waals surface area contributed by atoms with E-state index in [9.17, 15) is 4.79 Å². The number of hydrogen-bond acceptors (Lipinski definition) is 6. The monoisotopic (exact) mass is 413 g/mol. The number of carbonyl (C=O) groups is 1. The molecule has 0 bridgehead atoms. The molecule has 1 N–H and O–H groups in total. The number of thioether (sulfide) groups is 1. The number of methoxy groups -OCH3 is 3. The van der Waals surface area contributed by atoms with Crippen LogP contribution in [0.3, 0.4) is 0 Å². The van der Waals surface area contributed by atoms with Gasteiger partial charge in [-0.25, -0.2) is 4.68 Å². The van der Waals surface area contributed by atoms with Gasteiger partial charge in [0.1, 0.15) is 11.6 Å². The Hall–Kier alpha value is -3.13. The zero-order valence-corrected chi connectivity index (χ0v) is 17.4. The quantitative estimate of drug-likeness (QED) is 0.540. The van der Waals surface area contributed by atoms with Crippen LogP contribution in [0.25, 0.3) is 0 Å². The molecule has 1 heterocycles. The Kier molecular flexibility index (Phi) is 7.02. The van der Waals surface area contributed by atoms with Gasteiger partial charge < -0.3 is 19.5 Å². The highest BCUT2D eigenvalue weighted by Crippen LogP contribution is 2.31. The predicted octanol–water partition coefficient (Wildman–Crippen LogP) is 3.69. The molecule has 29 heavy (non-hydrogen) atoms. The molecule has 3 aromatic rings. The van der Waals surface area contributed by atoms with Gasteiger partial charge in [0.15, 0.2) is 11.5 Å². The van der Waals surface area contributed by atoms with Gasteiger partial charge in [0, 0.05) is 16.5 Å². The first-order valence-electron chi connectivity index (χ1n) is 8.93. The molecule has 0 fully saturated rings. The van der Waals surface area contributed by atoms with Crippen LogP contribution in [0.1, 0.15) is 5.56 Å². The fraction of sp³-hybridized carbons (Fsp3) is 0.238. The normalized spacial score (nSPS) is 10.4. The molecular formula is C21H23N3O4S. The minimum Gasteiger partial charge on any atom is -0.497 e. The largest absolute Gasteiger partial charge is 0.497 e. The number of hydrogen-bond donors (Lipinski definition) is 1. The van der Waals surface area contributed by atoms with Gasteiger partial charge in [-0.1, -0.05) is 18.2 Å². The average Bonchev–Trinajstić information content (AvgIpc) is 3.18. The molecule has 0 atom stereocenters. The molecule has 0 aliphatic rings. The number of nitrogens with zero attached hydrogens (tertiary/aromatic N) is 2. The summed E-state index contributed by atoms with van der Waals surface area (Å²) in [6, 6.07) is 15.0. The maximum Gasteiger partial charge on any atom is 0.235 e. The molecule has 0 saturated carbocycles. The van der Waals surface area contributed by atoms with Crippen molar-refractivity contribution in [3.8, 4) is 17.2 Å². The Bertz CT molecular complexity index is 974. The van der Waals surface area contributed by atoms with Crippen molar-refractivity contribution >= 4 is 23.5 Å². The van der Waals surface area contributed by atoms with Crippen molar-refractivity contribution < 1.29 is 19.0 Å². The SMILES string of the molecule is COc1cccc(SCC(=O)Nc2ccnn2Cc2cccc(OC)c2OC)c1. The minimum absolute atomic E-state index is 0.114. The second kappa shape index (κ2) is 9.88. The lowest BCUT2D eigenvalue weighted by Gasteiger charge is -2.14. The molecule has 7 nitrogen and oxygen atoms in total. The third-order valence-corrected chi connectivity index (χ3v) is 5.19. The summed E-state index contributed by atoms with van der Waals surface area (Å²) in [6.45, 7) is 0.437. The van der Waals surface area contributed by atoms with E-state index in [2.05, 4.69) is 10.4 Å². The van der Waals surface area contributed by atoms with Gasteiger partial charge in [-0.2, -0.15) is 5.10 Å². The third-order valence-electron chi connectivity index (χ3n) is 4.20. The summed E-state index contributed by atoms with van der Waals surface area (Å²) in [6.07, 6.45) is 1.65. The van der Waals surface area contributed by atoms with E-state index in [0.29, 0.717) is 23.9 Å². The summed E-state index contributed by atoms with van der Waals surface area (Å²) in [4.78, 5) is 13.4. The van der Waals surface area contributed by atoms with E-state index in [-0.39, 0.29) is 11.7 Å². The zero-order valence-electron chi connectivity index (χ0n) is 16.5. The van der Waals surface area contributed by atoms with Crippen molar-refractivity contribution in [2.45, 2.75) is 11.4 Å². The van der Waals surface area contributed by atoms with Crippen molar-refractivity contribution in [1.82, 2.24) is 9.78 Å². The standard InChI is InChI=1S/C21H23N3O4S/c1-26-16-7-5-8-17(12-16)29-14-20(25)23-19-10-11-22-24(19)13-15-6-4-9-18(27-2)21(15)28-3/h4-12H,13-14H2,1-3H3,(H,23,25). The number of rotatable bonds is 9. The van der Waals surface area contributed by atoms with Crippen molar-refractivity contribution in [3.05, 3.63) is 60.3 Å². The molecule has 3 rings (SSSR count). The molecule has 2 aromatic carbocycles. The third kappa shape index (κ3) is 5.23. The molecular weight excluding hydrogens is 390 g/mol. The van der Waals surface area contributed by atoms with Crippen LogP contribution in [-0.4, -0.2) is 42.8 Å². The van der Waals surface area contributed by atoms with E-state index < -0.39 is 0 Å². The molecule has 0 saturated heterocycles. The first-order valence-corrected chi connectivity index (χ1v) is 9.91. The zero-order chi connectivity index (χ0) is 20.6. The van der Waals surface area contributed by atoms with Crippen LogP contribution in [0.15, 0.2) is 59.6 Å². The van der Waals surface area contributed by atoms with Gasteiger partial charge in [-0.3, -0.25) is 4.79 Å². The Morgan fingerprint density at radius 1 is 1.07 bits per heavy atom. The molecule has 0 spiro atoms. The summed E-state index contributed by atoms with van der Waals surface area (Å²) in [5, 5.41) is 7.23. The number of ether oxygens (including phenoxy) is 3. The molecule has 0 aliphatic carbocycles. The lowest BCUT2D eigenvalue weighted by atomic mass is 10.2. The minimum atomic E-state index is -0.114. The van der Waals surface area contributed by atoms with Crippen LogP contribution in [0.2, 0.25) is 0 Å². The molecule has 8 heteroatoms. The Balaban J connectivity index is 1.65. The fourth-order valence-electron chi connectivity index (χ4n) is 2.82. The Labute approximate surface area is 174 Å².